The van der Waals surface area contributed by atoms with Gasteiger partial charge in [-0.15, -0.1) is 0 Å². The lowest BCUT2D eigenvalue weighted by atomic mass is 10.00. The number of aliphatic hydroxyl groups excluding tert-OH is 3. The molecule has 0 radical (unpaired) electrons. The zero-order valence-corrected chi connectivity index (χ0v) is 30.9. The van der Waals surface area contributed by atoms with Gasteiger partial charge in [0.15, 0.2) is 12.4 Å². The van der Waals surface area contributed by atoms with Crippen LogP contribution in [0.3, 0.4) is 0 Å². The third-order valence-corrected chi connectivity index (χ3v) is 9.35. The molecule has 0 saturated carbocycles. The van der Waals surface area contributed by atoms with Gasteiger partial charge in [-0.2, -0.15) is 8.42 Å². The third-order valence-electron chi connectivity index (χ3n) is 8.60. The number of allylic oxidation sites excluding steroid dienone is 2. The Bertz CT molecular complexity index is 989. The van der Waals surface area contributed by atoms with Gasteiger partial charge in [0.25, 0.3) is 10.1 Å². The lowest BCUT2D eigenvalue weighted by Gasteiger charge is -2.40. The molecular formula is C36H66O12S. The average Bonchev–Trinajstić information content (AvgIpc) is 3.05. The number of ether oxygens (including phenoxy) is 4. The first-order valence-corrected chi connectivity index (χ1v) is 20.4. The number of unbranched alkanes of at least 4 members (excludes halogenated alkanes) is 16. The fraction of sp³-hybridized carbons (Fsp3) is 0.889. The Morgan fingerprint density at radius 1 is 0.673 bits per heavy atom. The van der Waals surface area contributed by atoms with Gasteiger partial charge in [-0.25, -0.2) is 0 Å². The predicted molar refractivity (Wildman–Crippen MR) is 187 cm³/mol. The Morgan fingerprint density at radius 3 is 1.73 bits per heavy atom. The highest BCUT2D eigenvalue weighted by atomic mass is 32.2. The van der Waals surface area contributed by atoms with Crippen LogP contribution in [-0.4, -0.2) is 96.0 Å². The number of aliphatic hydroxyl groups is 3. The largest absolute Gasteiger partial charge is 0.462 e. The van der Waals surface area contributed by atoms with E-state index in [9.17, 15) is 37.9 Å². The van der Waals surface area contributed by atoms with Gasteiger partial charge in [-0.3, -0.25) is 14.1 Å². The molecule has 0 bridgehead atoms. The molecule has 0 amide bonds. The van der Waals surface area contributed by atoms with Crippen LogP contribution in [0, 0.1) is 0 Å². The second kappa shape index (κ2) is 28.0. The van der Waals surface area contributed by atoms with Crippen molar-refractivity contribution in [2.45, 2.75) is 185 Å². The van der Waals surface area contributed by atoms with E-state index in [4.69, 9.17) is 18.9 Å². The Balaban J connectivity index is 2.54. The summed E-state index contributed by atoms with van der Waals surface area (Å²) in [5, 5.41) is 30.7. The van der Waals surface area contributed by atoms with Gasteiger partial charge >= 0.3 is 11.9 Å². The van der Waals surface area contributed by atoms with Crippen molar-refractivity contribution in [3.05, 3.63) is 12.2 Å². The molecule has 0 aromatic heterocycles. The molecule has 0 aromatic rings. The summed E-state index contributed by atoms with van der Waals surface area (Å²) in [4.78, 5) is 25.1. The number of hydrogen-bond donors (Lipinski definition) is 4. The molecule has 1 rings (SSSR count). The molecule has 1 aliphatic rings. The molecule has 288 valence electrons. The van der Waals surface area contributed by atoms with Gasteiger partial charge < -0.3 is 34.3 Å². The van der Waals surface area contributed by atoms with Crippen LogP contribution in [0.25, 0.3) is 0 Å². The van der Waals surface area contributed by atoms with E-state index in [1.165, 1.54) is 51.4 Å². The van der Waals surface area contributed by atoms with Gasteiger partial charge in [0.05, 0.1) is 6.61 Å². The highest BCUT2D eigenvalue weighted by Gasteiger charge is 2.46. The van der Waals surface area contributed by atoms with E-state index in [2.05, 4.69) is 26.0 Å². The van der Waals surface area contributed by atoms with E-state index in [1.54, 1.807) is 0 Å². The molecule has 12 nitrogen and oxygen atoms in total. The highest BCUT2D eigenvalue weighted by Crippen LogP contribution is 2.24. The van der Waals surface area contributed by atoms with Gasteiger partial charge in [0, 0.05) is 12.8 Å². The molecular weight excluding hydrogens is 656 g/mol. The number of hydrogen-bond acceptors (Lipinski definition) is 11. The molecule has 2 unspecified atom stereocenters. The van der Waals surface area contributed by atoms with Crippen molar-refractivity contribution in [3.8, 4) is 0 Å². The highest BCUT2D eigenvalue weighted by molar-refractivity contribution is 7.85. The fourth-order valence-corrected chi connectivity index (χ4v) is 6.30. The third kappa shape index (κ3) is 23.5. The van der Waals surface area contributed by atoms with Crippen LogP contribution in [0.4, 0.5) is 0 Å². The fourth-order valence-electron chi connectivity index (χ4n) is 5.61. The standard InChI is InChI=1S/C36H66O12S/c1-3-5-7-9-11-13-14-15-17-18-20-22-24-31(37)45-26-29(47-32(38)25-23-21-19-16-12-10-8-6-4-2)27-46-36-35(41)34(40)33(39)30(48-36)28-49(42,43)44/h11,13,29-30,33-36,39-41H,3-10,12,14-28H2,1-2H3,(H,42,43,44)/b13-11+/t29-,30-,33-,34?,35?,36+/m1/s1. The lowest BCUT2D eigenvalue weighted by molar-refractivity contribution is -0.297. The first-order valence-electron chi connectivity index (χ1n) is 18.7. The minimum absolute atomic E-state index is 0.165. The van der Waals surface area contributed by atoms with Crippen molar-refractivity contribution in [2.24, 2.45) is 0 Å². The quantitative estimate of drug-likeness (QED) is 0.0296. The summed E-state index contributed by atoms with van der Waals surface area (Å²) >= 11 is 0. The summed E-state index contributed by atoms with van der Waals surface area (Å²) in [5.41, 5.74) is 0. The Labute approximate surface area is 295 Å². The molecule has 1 heterocycles. The number of esters is 2. The van der Waals surface area contributed by atoms with E-state index in [0.717, 1.165) is 57.8 Å². The first kappa shape index (κ1) is 45.4. The van der Waals surface area contributed by atoms with Gasteiger partial charge in [-0.05, 0) is 38.5 Å². The smallest absolute Gasteiger partial charge is 0.306 e. The molecule has 0 aromatic carbocycles. The minimum atomic E-state index is -4.59. The van der Waals surface area contributed by atoms with Crippen molar-refractivity contribution < 1.29 is 56.8 Å². The summed E-state index contributed by atoms with van der Waals surface area (Å²) < 4.78 is 53.7. The van der Waals surface area contributed by atoms with E-state index >= 15 is 0 Å². The SMILES string of the molecule is CCCCC/C=C/CCCCCCCC(=O)OC[C@H](CO[C@H]1O[C@H](CS(=O)(=O)O)[C@@H](O)C(O)C1O)OC(=O)CCCCCCCCCCC. The molecule has 4 N–H and O–H groups in total. The monoisotopic (exact) mass is 722 g/mol. The molecule has 1 aliphatic heterocycles. The van der Waals surface area contributed by atoms with Crippen LogP contribution in [0.2, 0.25) is 0 Å². The first-order chi connectivity index (χ1) is 23.5. The van der Waals surface area contributed by atoms with Crippen LogP contribution in [0.5, 0.6) is 0 Å². The topological polar surface area (TPSA) is 186 Å². The van der Waals surface area contributed by atoms with E-state index in [1.807, 2.05) is 0 Å². The Morgan fingerprint density at radius 2 is 1.16 bits per heavy atom. The van der Waals surface area contributed by atoms with Crippen molar-refractivity contribution in [1.82, 2.24) is 0 Å². The zero-order valence-electron chi connectivity index (χ0n) is 30.1. The van der Waals surface area contributed by atoms with E-state index in [-0.39, 0.29) is 19.4 Å². The number of carbonyl (C=O) groups excluding carboxylic acids is 2. The summed E-state index contributed by atoms with van der Waals surface area (Å²) in [6, 6.07) is 0. The number of carbonyl (C=O) groups is 2. The summed E-state index contributed by atoms with van der Waals surface area (Å²) in [5.74, 6) is -1.99. The zero-order chi connectivity index (χ0) is 36.3. The lowest BCUT2D eigenvalue weighted by Crippen LogP contribution is -2.60. The number of rotatable bonds is 30. The van der Waals surface area contributed by atoms with Crippen molar-refractivity contribution >= 4 is 22.1 Å². The summed E-state index contributed by atoms with van der Waals surface area (Å²) in [6.07, 6.45) is 15.7. The maximum absolute atomic E-state index is 12.7. The van der Waals surface area contributed by atoms with Crippen molar-refractivity contribution in [2.75, 3.05) is 19.0 Å². The Kier molecular flexibility index (Phi) is 26.0. The van der Waals surface area contributed by atoms with Crippen LogP contribution >= 0.6 is 0 Å². The maximum atomic E-state index is 12.7. The van der Waals surface area contributed by atoms with Crippen molar-refractivity contribution in [3.63, 3.8) is 0 Å². The molecule has 1 fully saturated rings. The summed E-state index contributed by atoms with van der Waals surface area (Å²) in [7, 11) is -4.59. The van der Waals surface area contributed by atoms with Crippen LogP contribution in [0.1, 0.15) is 149 Å². The maximum Gasteiger partial charge on any atom is 0.306 e. The molecule has 0 spiro atoms. The van der Waals surface area contributed by atoms with Crippen molar-refractivity contribution in [1.29, 1.82) is 0 Å². The van der Waals surface area contributed by atoms with E-state index in [0.29, 0.717) is 12.8 Å². The molecule has 13 heteroatoms. The second-order valence-corrected chi connectivity index (χ2v) is 14.7. The molecule has 0 aliphatic carbocycles. The second-order valence-electron chi connectivity index (χ2n) is 13.2. The predicted octanol–water partition coefficient (Wildman–Crippen LogP) is 5.94. The van der Waals surface area contributed by atoms with Gasteiger partial charge in [-0.1, -0.05) is 109 Å². The summed E-state index contributed by atoms with van der Waals surface area (Å²) in [6.45, 7) is 3.66. The van der Waals surface area contributed by atoms with Crippen LogP contribution in [-0.2, 0) is 38.7 Å². The van der Waals surface area contributed by atoms with Gasteiger partial charge in [0.1, 0.15) is 36.8 Å². The molecule has 1 saturated heterocycles. The average molecular weight is 723 g/mol. The Hall–Kier alpha value is -1.61. The van der Waals surface area contributed by atoms with Gasteiger partial charge in [0.2, 0.25) is 0 Å². The van der Waals surface area contributed by atoms with E-state index < -0.39 is 71.2 Å². The minimum Gasteiger partial charge on any atom is -0.462 e. The molecule has 6 atom stereocenters. The van der Waals surface area contributed by atoms with Crippen LogP contribution in [0.15, 0.2) is 12.2 Å². The molecule has 49 heavy (non-hydrogen) atoms. The van der Waals surface area contributed by atoms with Crippen LogP contribution < -0.4 is 0 Å². The normalized spacial score (nSPS) is 22.0.